The zero-order chi connectivity index (χ0) is 11.0. The highest BCUT2D eigenvalue weighted by Crippen LogP contribution is 2.21. The van der Waals surface area contributed by atoms with Crippen molar-refractivity contribution in [2.45, 2.75) is 52.1 Å². The van der Waals surface area contributed by atoms with Crippen LogP contribution in [0.4, 0.5) is 0 Å². The molecular formula is C10H20O4. The van der Waals surface area contributed by atoms with Crippen LogP contribution in [0.25, 0.3) is 0 Å². The molecule has 0 amide bonds. The fraction of sp³-hybridized carbons (Fsp3) is 0.900. The molecule has 0 heterocycles. The summed E-state index contributed by atoms with van der Waals surface area (Å²) in [4.78, 5) is 15.8. The van der Waals surface area contributed by atoms with Crippen LogP contribution >= 0.6 is 0 Å². The molecule has 0 bridgehead atoms. The molecule has 14 heavy (non-hydrogen) atoms. The number of ether oxygens (including phenoxy) is 1. The number of hydrogen-bond acceptors (Lipinski definition) is 4. The number of hydrogen-bond donors (Lipinski definition) is 1. The Hall–Kier alpha value is -0.610. The second-order valence-electron chi connectivity index (χ2n) is 3.28. The summed E-state index contributed by atoms with van der Waals surface area (Å²) in [6, 6.07) is 0. The van der Waals surface area contributed by atoms with Gasteiger partial charge in [-0.3, -0.25) is 5.26 Å². The van der Waals surface area contributed by atoms with E-state index in [0.29, 0.717) is 19.4 Å². The molecule has 0 aromatic rings. The van der Waals surface area contributed by atoms with E-state index in [1.54, 1.807) is 13.8 Å². The van der Waals surface area contributed by atoms with E-state index in [4.69, 9.17) is 9.99 Å². The Labute approximate surface area is 85.1 Å². The molecule has 4 nitrogen and oxygen atoms in total. The average molecular weight is 204 g/mol. The highest BCUT2D eigenvalue weighted by atomic mass is 17.1. The highest BCUT2D eigenvalue weighted by molar-refractivity contribution is 5.79. The van der Waals surface area contributed by atoms with Crippen molar-refractivity contribution in [3.63, 3.8) is 0 Å². The minimum absolute atomic E-state index is 0.389. The Kier molecular flexibility index (Phi) is 6.49. The normalized spacial score (nSPS) is 11.4. The van der Waals surface area contributed by atoms with Crippen LogP contribution in [-0.2, 0) is 14.4 Å². The van der Waals surface area contributed by atoms with Crippen LogP contribution in [0.2, 0.25) is 0 Å². The molecule has 0 aliphatic carbocycles. The average Bonchev–Trinajstić information content (AvgIpc) is 2.22. The first-order valence-corrected chi connectivity index (χ1v) is 5.16. The quantitative estimate of drug-likeness (QED) is 0.299. The summed E-state index contributed by atoms with van der Waals surface area (Å²) in [5, 5.41) is 8.70. The maximum absolute atomic E-state index is 11.5. The summed E-state index contributed by atoms with van der Waals surface area (Å²) >= 11 is 0. The fourth-order valence-electron chi connectivity index (χ4n) is 1.15. The first-order chi connectivity index (χ1) is 6.66. The summed E-state index contributed by atoms with van der Waals surface area (Å²) < 4.78 is 5.00. The van der Waals surface area contributed by atoms with Gasteiger partial charge in [-0.15, -0.1) is 0 Å². The number of carbonyl (C=O) groups is 1. The minimum atomic E-state index is -1.17. The molecule has 0 saturated carbocycles. The van der Waals surface area contributed by atoms with Gasteiger partial charge < -0.3 is 4.74 Å². The third-order valence-corrected chi connectivity index (χ3v) is 2.42. The largest absolute Gasteiger partial charge is 0.463 e. The van der Waals surface area contributed by atoms with Gasteiger partial charge in [-0.1, -0.05) is 27.2 Å². The zero-order valence-corrected chi connectivity index (χ0v) is 9.21. The van der Waals surface area contributed by atoms with Crippen molar-refractivity contribution < 1.29 is 19.7 Å². The Morgan fingerprint density at radius 3 is 2.21 bits per heavy atom. The van der Waals surface area contributed by atoms with Gasteiger partial charge in [0.2, 0.25) is 0 Å². The summed E-state index contributed by atoms with van der Waals surface area (Å²) in [7, 11) is 0. The molecule has 0 aliphatic heterocycles. The lowest BCUT2D eigenvalue weighted by atomic mass is 9.98. The SMILES string of the molecule is CCCCOC(=O)C(CC)(CC)OO. The van der Waals surface area contributed by atoms with Gasteiger partial charge in [0.05, 0.1) is 6.61 Å². The van der Waals surface area contributed by atoms with Crippen molar-refractivity contribution in [3.8, 4) is 0 Å². The van der Waals surface area contributed by atoms with Gasteiger partial charge in [0.25, 0.3) is 0 Å². The van der Waals surface area contributed by atoms with Crippen LogP contribution in [0, 0.1) is 0 Å². The molecule has 84 valence electrons. The van der Waals surface area contributed by atoms with E-state index in [1.165, 1.54) is 0 Å². The van der Waals surface area contributed by atoms with Crippen LogP contribution in [0.1, 0.15) is 46.5 Å². The Morgan fingerprint density at radius 1 is 1.29 bits per heavy atom. The first kappa shape index (κ1) is 13.4. The molecular weight excluding hydrogens is 184 g/mol. The third-order valence-electron chi connectivity index (χ3n) is 2.42. The molecule has 0 fully saturated rings. The number of carbonyl (C=O) groups excluding carboxylic acids is 1. The molecule has 0 radical (unpaired) electrons. The predicted molar refractivity (Wildman–Crippen MR) is 52.9 cm³/mol. The maximum Gasteiger partial charge on any atom is 0.341 e. The van der Waals surface area contributed by atoms with Crippen LogP contribution in [0.15, 0.2) is 0 Å². The van der Waals surface area contributed by atoms with Gasteiger partial charge in [0, 0.05) is 0 Å². The van der Waals surface area contributed by atoms with Crippen LogP contribution in [0.5, 0.6) is 0 Å². The monoisotopic (exact) mass is 204 g/mol. The number of unbranched alkanes of at least 4 members (excludes halogenated alkanes) is 1. The first-order valence-electron chi connectivity index (χ1n) is 5.16. The molecule has 0 aliphatic rings. The molecule has 1 N–H and O–H groups in total. The standard InChI is InChI=1S/C10H20O4/c1-4-7-8-13-9(11)10(5-2,6-3)14-12/h12H,4-8H2,1-3H3. The Bertz CT molecular complexity index is 155. The second-order valence-corrected chi connectivity index (χ2v) is 3.28. The molecule has 0 spiro atoms. The van der Waals surface area contributed by atoms with Crippen molar-refractivity contribution in [3.05, 3.63) is 0 Å². The van der Waals surface area contributed by atoms with Crippen molar-refractivity contribution in [1.29, 1.82) is 0 Å². The topological polar surface area (TPSA) is 55.8 Å². The molecule has 0 atom stereocenters. The van der Waals surface area contributed by atoms with E-state index in [0.717, 1.165) is 12.8 Å². The van der Waals surface area contributed by atoms with Crippen LogP contribution in [-0.4, -0.2) is 23.4 Å². The van der Waals surface area contributed by atoms with Crippen LogP contribution in [0.3, 0.4) is 0 Å². The van der Waals surface area contributed by atoms with Crippen molar-refractivity contribution in [2.24, 2.45) is 0 Å². The van der Waals surface area contributed by atoms with Crippen molar-refractivity contribution in [1.82, 2.24) is 0 Å². The van der Waals surface area contributed by atoms with Gasteiger partial charge in [-0.05, 0) is 19.3 Å². The number of esters is 1. The highest BCUT2D eigenvalue weighted by Gasteiger charge is 2.38. The lowest BCUT2D eigenvalue weighted by molar-refractivity contribution is -0.319. The van der Waals surface area contributed by atoms with E-state index < -0.39 is 11.6 Å². The lowest BCUT2D eigenvalue weighted by Crippen LogP contribution is -2.41. The minimum Gasteiger partial charge on any atom is -0.463 e. The third kappa shape index (κ3) is 3.27. The second kappa shape index (κ2) is 6.79. The molecule has 0 rings (SSSR count). The van der Waals surface area contributed by atoms with Crippen LogP contribution < -0.4 is 0 Å². The van der Waals surface area contributed by atoms with Gasteiger partial charge >= 0.3 is 5.97 Å². The molecule has 0 saturated heterocycles. The van der Waals surface area contributed by atoms with Gasteiger partial charge in [-0.25, -0.2) is 9.68 Å². The Balaban J connectivity index is 4.15. The van der Waals surface area contributed by atoms with Crippen molar-refractivity contribution >= 4 is 5.97 Å². The Morgan fingerprint density at radius 2 is 1.86 bits per heavy atom. The molecule has 0 aromatic heterocycles. The molecule has 0 unspecified atom stereocenters. The summed E-state index contributed by atoms with van der Waals surface area (Å²) in [6.45, 7) is 5.96. The summed E-state index contributed by atoms with van der Waals surface area (Å²) in [6.07, 6.45) is 2.62. The lowest BCUT2D eigenvalue weighted by Gasteiger charge is -2.25. The zero-order valence-electron chi connectivity index (χ0n) is 9.21. The predicted octanol–water partition coefficient (Wildman–Crippen LogP) is 2.38. The van der Waals surface area contributed by atoms with E-state index in [2.05, 4.69) is 4.89 Å². The van der Waals surface area contributed by atoms with Gasteiger partial charge in [0.15, 0.2) is 5.60 Å². The van der Waals surface area contributed by atoms with Gasteiger partial charge in [0.1, 0.15) is 0 Å². The summed E-state index contributed by atoms with van der Waals surface area (Å²) in [5.41, 5.74) is -1.17. The smallest absolute Gasteiger partial charge is 0.341 e. The van der Waals surface area contributed by atoms with E-state index in [9.17, 15) is 4.79 Å². The van der Waals surface area contributed by atoms with Crippen molar-refractivity contribution in [2.75, 3.05) is 6.61 Å². The van der Waals surface area contributed by atoms with E-state index in [1.807, 2.05) is 6.92 Å². The van der Waals surface area contributed by atoms with E-state index in [-0.39, 0.29) is 0 Å². The maximum atomic E-state index is 11.5. The molecule has 0 aromatic carbocycles. The molecule has 4 heteroatoms. The fourth-order valence-corrected chi connectivity index (χ4v) is 1.15. The van der Waals surface area contributed by atoms with E-state index >= 15 is 0 Å². The van der Waals surface area contributed by atoms with Gasteiger partial charge in [-0.2, -0.15) is 0 Å². The summed E-state index contributed by atoms with van der Waals surface area (Å²) in [5.74, 6) is -0.474. The number of rotatable bonds is 7.